The van der Waals surface area contributed by atoms with Crippen LogP contribution in [-0.2, 0) is 9.53 Å². The summed E-state index contributed by atoms with van der Waals surface area (Å²) in [5.41, 5.74) is 0. The summed E-state index contributed by atoms with van der Waals surface area (Å²) in [6, 6.07) is 0. The fourth-order valence-electron chi connectivity index (χ4n) is 3.64. The first-order chi connectivity index (χ1) is 12.0. The van der Waals surface area contributed by atoms with E-state index in [9.17, 15) is 15.0 Å². The Morgan fingerprint density at radius 1 is 1.40 bits per heavy atom. The minimum Gasteiger partial charge on any atom is -0.495 e. The van der Waals surface area contributed by atoms with E-state index in [0.29, 0.717) is 25.7 Å². The van der Waals surface area contributed by atoms with E-state index >= 15 is 0 Å². The predicted molar refractivity (Wildman–Crippen MR) is 95.9 cm³/mol. The van der Waals surface area contributed by atoms with Crippen molar-refractivity contribution in [2.45, 2.75) is 70.2 Å². The maximum Gasteiger partial charge on any atom is 0.303 e. The van der Waals surface area contributed by atoms with Gasteiger partial charge >= 0.3 is 5.97 Å². The molecule has 1 aliphatic carbocycles. The summed E-state index contributed by atoms with van der Waals surface area (Å²) < 4.78 is 5.93. The van der Waals surface area contributed by atoms with Crippen LogP contribution in [0.3, 0.4) is 0 Å². The van der Waals surface area contributed by atoms with Gasteiger partial charge in [0.05, 0.1) is 18.0 Å². The van der Waals surface area contributed by atoms with E-state index in [2.05, 4.69) is 6.92 Å². The van der Waals surface area contributed by atoms with Gasteiger partial charge in [0.15, 0.2) is 0 Å². The Labute approximate surface area is 149 Å². The monoisotopic (exact) mass is 350 g/mol. The van der Waals surface area contributed by atoms with Crippen molar-refractivity contribution < 1.29 is 24.9 Å². The lowest BCUT2D eigenvalue weighted by atomic mass is 9.90. The average Bonchev–Trinajstić information content (AvgIpc) is 3.06. The molecule has 25 heavy (non-hydrogen) atoms. The number of allylic oxidation sites excluding steroid dienone is 3. The highest BCUT2D eigenvalue weighted by atomic mass is 16.5. The number of carboxylic acid groups (broad SMARTS) is 1. The van der Waals surface area contributed by atoms with E-state index in [1.165, 1.54) is 0 Å². The number of carboxylic acids is 1. The number of rotatable bonds is 9. The number of aliphatic carboxylic acids is 1. The minimum atomic E-state index is -0.775. The van der Waals surface area contributed by atoms with Crippen molar-refractivity contribution in [3.63, 3.8) is 0 Å². The quantitative estimate of drug-likeness (QED) is 0.439. The molecule has 2 aliphatic rings. The Kier molecular flexibility index (Phi) is 7.72. The van der Waals surface area contributed by atoms with E-state index in [-0.39, 0.29) is 24.4 Å². The second-order valence-corrected chi connectivity index (χ2v) is 6.93. The number of unbranched alkanes of at least 4 members (excludes halogenated alkanes) is 1. The van der Waals surface area contributed by atoms with Crippen LogP contribution in [0.1, 0.15) is 51.9 Å². The molecule has 1 saturated heterocycles. The standard InChI is InChI=1S/C20H30O5/c1-2-3-4-7-14(21)10-11-16-17-12-15(8-5-6-9-20(23)24)25-19(17)13-18(16)22/h3-4,8,10-11,14,16-19,21-22H,2,5-7,9,12-13H2,1H3,(H,23,24)/b4-3-,11-10+,15-8-/t14?,16-,17?,18?,19?/m1/s1. The van der Waals surface area contributed by atoms with E-state index < -0.39 is 18.2 Å². The van der Waals surface area contributed by atoms with Gasteiger partial charge in [-0.2, -0.15) is 0 Å². The van der Waals surface area contributed by atoms with Gasteiger partial charge < -0.3 is 20.1 Å². The fourth-order valence-corrected chi connectivity index (χ4v) is 3.64. The molecule has 2 rings (SSSR count). The van der Waals surface area contributed by atoms with Crippen molar-refractivity contribution in [2.24, 2.45) is 11.8 Å². The van der Waals surface area contributed by atoms with Crippen molar-refractivity contribution >= 4 is 5.97 Å². The topological polar surface area (TPSA) is 87.0 Å². The molecule has 5 atom stereocenters. The maximum absolute atomic E-state index is 10.5. The van der Waals surface area contributed by atoms with E-state index in [0.717, 1.165) is 18.6 Å². The van der Waals surface area contributed by atoms with Gasteiger partial charge in [-0.05, 0) is 31.8 Å². The number of hydrogen-bond acceptors (Lipinski definition) is 4. The van der Waals surface area contributed by atoms with E-state index in [1.54, 1.807) is 6.08 Å². The highest BCUT2D eigenvalue weighted by molar-refractivity contribution is 5.66. The molecular formula is C20H30O5. The number of carbonyl (C=O) groups is 1. The van der Waals surface area contributed by atoms with Crippen LogP contribution in [0.2, 0.25) is 0 Å². The maximum atomic E-state index is 10.5. The van der Waals surface area contributed by atoms with Gasteiger partial charge in [0.25, 0.3) is 0 Å². The third kappa shape index (κ3) is 6.01. The largest absolute Gasteiger partial charge is 0.495 e. The van der Waals surface area contributed by atoms with E-state index in [1.807, 2.05) is 24.3 Å². The smallest absolute Gasteiger partial charge is 0.303 e. The second kappa shape index (κ2) is 9.78. The van der Waals surface area contributed by atoms with Crippen LogP contribution >= 0.6 is 0 Å². The number of fused-ring (bicyclic) bond motifs is 1. The van der Waals surface area contributed by atoms with Crippen LogP contribution in [-0.4, -0.2) is 39.6 Å². The summed E-state index contributed by atoms with van der Waals surface area (Å²) in [6.45, 7) is 2.06. The van der Waals surface area contributed by atoms with Crippen molar-refractivity contribution in [3.05, 3.63) is 36.1 Å². The van der Waals surface area contributed by atoms with Crippen LogP contribution in [0.4, 0.5) is 0 Å². The normalized spacial score (nSPS) is 31.7. The molecule has 0 aromatic heterocycles. The summed E-state index contributed by atoms with van der Waals surface area (Å²) in [4.78, 5) is 10.5. The molecule has 4 unspecified atom stereocenters. The zero-order valence-electron chi connectivity index (χ0n) is 14.9. The minimum absolute atomic E-state index is 0.000255. The van der Waals surface area contributed by atoms with Crippen LogP contribution < -0.4 is 0 Å². The second-order valence-electron chi connectivity index (χ2n) is 6.93. The van der Waals surface area contributed by atoms with E-state index in [4.69, 9.17) is 9.84 Å². The molecule has 1 saturated carbocycles. The molecule has 0 spiro atoms. The summed E-state index contributed by atoms with van der Waals surface area (Å²) in [6.07, 6.45) is 13.2. The molecule has 5 nitrogen and oxygen atoms in total. The molecule has 0 amide bonds. The lowest BCUT2D eigenvalue weighted by Gasteiger charge is -2.15. The Bertz CT molecular complexity index is 522. The van der Waals surface area contributed by atoms with Gasteiger partial charge in [-0.1, -0.05) is 31.2 Å². The summed E-state index contributed by atoms with van der Waals surface area (Å²) in [7, 11) is 0. The van der Waals surface area contributed by atoms with Crippen LogP contribution in [0, 0.1) is 11.8 Å². The van der Waals surface area contributed by atoms with Crippen LogP contribution in [0.5, 0.6) is 0 Å². The number of aliphatic hydroxyl groups excluding tert-OH is 2. The van der Waals surface area contributed by atoms with Crippen LogP contribution in [0.15, 0.2) is 36.1 Å². The van der Waals surface area contributed by atoms with Crippen molar-refractivity contribution in [1.82, 2.24) is 0 Å². The number of ether oxygens (including phenoxy) is 1. The van der Waals surface area contributed by atoms with Gasteiger partial charge in [-0.15, -0.1) is 0 Å². The highest BCUT2D eigenvalue weighted by Crippen LogP contribution is 2.45. The third-order valence-corrected chi connectivity index (χ3v) is 4.93. The average molecular weight is 350 g/mol. The Morgan fingerprint density at radius 3 is 2.92 bits per heavy atom. The van der Waals surface area contributed by atoms with Gasteiger partial charge in [-0.25, -0.2) is 0 Å². The molecule has 3 N–H and O–H groups in total. The Hall–Kier alpha value is -1.59. The molecule has 2 fully saturated rings. The molecule has 1 heterocycles. The molecule has 1 aliphatic heterocycles. The lowest BCUT2D eigenvalue weighted by Crippen LogP contribution is -2.17. The Morgan fingerprint density at radius 2 is 2.20 bits per heavy atom. The van der Waals surface area contributed by atoms with Gasteiger partial charge in [0.2, 0.25) is 0 Å². The van der Waals surface area contributed by atoms with Crippen LogP contribution in [0.25, 0.3) is 0 Å². The van der Waals surface area contributed by atoms with Crippen molar-refractivity contribution in [2.75, 3.05) is 0 Å². The van der Waals surface area contributed by atoms with Gasteiger partial charge in [0.1, 0.15) is 6.10 Å². The van der Waals surface area contributed by atoms with Gasteiger partial charge in [0, 0.05) is 31.1 Å². The SMILES string of the molecule is CC/C=C\CC(O)/C=C/[C@H]1C(O)CC2O/C(=C\CCCC(=O)O)CC21. The Balaban J connectivity index is 1.86. The molecule has 5 heteroatoms. The highest BCUT2D eigenvalue weighted by Gasteiger charge is 2.46. The zero-order valence-corrected chi connectivity index (χ0v) is 14.9. The first kappa shape index (κ1) is 19.7. The summed E-state index contributed by atoms with van der Waals surface area (Å²) in [5.74, 6) is 0.371. The summed E-state index contributed by atoms with van der Waals surface area (Å²) in [5, 5.41) is 28.9. The van der Waals surface area contributed by atoms with Crippen molar-refractivity contribution in [3.8, 4) is 0 Å². The molecule has 0 aromatic rings. The zero-order chi connectivity index (χ0) is 18.2. The predicted octanol–water partition coefficient (Wildman–Crippen LogP) is 3.18. The number of aliphatic hydroxyl groups is 2. The molecule has 0 bridgehead atoms. The fraction of sp³-hybridized carbons (Fsp3) is 0.650. The molecule has 0 aromatic carbocycles. The summed E-state index contributed by atoms with van der Waals surface area (Å²) >= 11 is 0. The van der Waals surface area contributed by atoms with Gasteiger partial charge in [-0.3, -0.25) is 4.79 Å². The first-order valence-electron chi connectivity index (χ1n) is 9.28. The lowest BCUT2D eigenvalue weighted by molar-refractivity contribution is -0.137. The number of hydrogen-bond donors (Lipinski definition) is 3. The van der Waals surface area contributed by atoms with Crippen molar-refractivity contribution in [1.29, 1.82) is 0 Å². The first-order valence-corrected chi connectivity index (χ1v) is 9.28. The third-order valence-electron chi connectivity index (χ3n) is 4.93. The molecular weight excluding hydrogens is 320 g/mol. The molecule has 0 radical (unpaired) electrons. The molecule has 140 valence electrons.